The number of nitrogens with one attached hydrogen (secondary N) is 1. The Bertz CT molecular complexity index is 1250. The first kappa shape index (κ1) is 20.2. The van der Waals surface area contributed by atoms with Crippen LogP contribution in [0.3, 0.4) is 0 Å². The maximum atomic E-state index is 13.0. The number of likely N-dealkylation sites (tertiary alicyclic amines) is 1. The van der Waals surface area contributed by atoms with Gasteiger partial charge in [-0.1, -0.05) is 30.3 Å². The molecule has 5 rings (SSSR count). The average Bonchev–Trinajstić information content (AvgIpc) is 3.37. The number of hydrogen-bond acceptors (Lipinski definition) is 4. The van der Waals surface area contributed by atoms with Crippen LogP contribution >= 0.6 is 11.3 Å². The van der Waals surface area contributed by atoms with E-state index in [1.165, 1.54) is 26.6 Å². The lowest BCUT2D eigenvalue weighted by molar-refractivity contribution is 0.0946. The maximum Gasteiger partial charge on any atom is 0.261 e. The number of rotatable bonds is 5. The summed E-state index contributed by atoms with van der Waals surface area (Å²) in [5, 5.41) is 5.53. The Balaban J connectivity index is 1.40. The molecule has 5 heteroatoms. The largest absolute Gasteiger partial charge is 0.349 e. The van der Waals surface area contributed by atoms with E-state index < -0.39 is 0 Å². The van der Waals surface area contributed by atoms with Crippen LogP contribution in [0.25, 0.3) is 21.0 Å². The summed E-state index contributed by atoms with van der Waals surface area (Å²) in [4.78, 5) is 20.8. The van der Waals surface area contributed by atoms with Crippen LogP contribution in [-0.4, -0.2) is 34.9 Å². The molecule has 1 aliphatic rings. The molecule has 2 aromatic carbocycles. The third kappa shape index (κ3) is 4.08. The van der Waals surface area contributed by atoms with Crippen molar-refractivity contribution in [3.8, 4) is 0 Å². The van der Waals surface area contributed by atoms with E-state index in [0.29, 0.717) is 5.92 Å². The van der Waals surface area contributed by atoms with Gasteiger partial charge in [0, 0.05) is 41.3 Å². The van der Waals surface area contributed by atoms with Crippen LogP contribution in [0.1, 0.15) is 47.0 Å². The van der Waals surface area contributed by atoms with E-state index in [2.05, 4.69) is 63.7 Å². The average molecular weight is 430 g/mol. The molecule has 0 bridgehead atoms. The van der Waals surface area contributed by atoms with Crippen LogP contribution in [0.2, 0.25) is 0 Å². The Kier molecular flexibility index (Phi) is 5.47. The molecule has 1 fully saturated rings. The second-order valence-electron chi connectivity index (χ2n) is 8.72. The highest BCUT2D eigenvalue weighted by Crippen LogP contribution is 2.40. The van der Waals surface area contributed by atoms with E-state index in [9.17, 15) is 4.79 Å². The van der Waals surface area contributed by atoms with Crippen LogP contribution in [0.15, 0.2) is 60.8 Å². The fourth-order valence-electron chi connectivity index (χ4n) is 4.66. The first-order valence-electron chi connectivity index (χ1n) is 11.0. The van der Waals surface area contributed by atoms with E-state index in [-0.39, 0.29) is 11.9 Å². The van der Waals surface area contributed by atoms with Gasteiger partial charge >= 0.3 is 0 Å². The normalized spacial score (nSPS) is 17.1. The van der Waals surface area contributed by atoms with Gasteiger partial charge in [-0.25, -0.2) is 0 Å². The van der Waals surface area contributed by atoms with Crippen molar-refractivity contribution in [1.82, 2.24) is 15.2 Å². The summed E-state index contributed by atoms with van der Waals surface area (Å²) >= 11 is 1.63. The van der Waals surface area contributed by atoms with Crippen molar-refractivity contribution in [3.63, 3.8) is 0 Å². The summed E-state index contributed by atoms with van der Waals surface area (Å²) < 4.78 is 1.20. The molecule has 4 nitrogen and oxygen atoms in total. The van der Waals surface area contributed by atoms with Gasteiger partial charge in [0.05, 0.1) is 10.4 Å². The number of amides is 1. The van der Waals surface area contributed by atoms with Crippen molar-refractivity contribution in [2.75, 3.05) is 13.1 Å². The summed E-state index contributed by atoms with van der Waals surface area (Å²) in [5.41, 5.74) is 3.59. The van der Waals surface area contributed by atoms with Crippen molar-refractivity contribution in [3.05, 3.63) is 76.8 Å². The molecule has 0 aliphatic carbocycles. The first-order valence-corrected chi connectivity index (χ1v) is 11.8. The van der Waals surface area contributed by atoms with E-state index in [4.69, 9.17) is 0 Å². The van der Waals surface area contributed by atoms with Gasteiger partial charge in [-0.15, -0.1) is 11.3 Å². The van der Waals surface area contributed by atoms with Crippen molar-refractivity contribution in [2.24, 2.45) is 0 Å². The molecular formula is C26H27N3OS. The predicted molar refractivity (Wildman–Crippen MR) is 129 cm³/mol. The second kappa shape index (κ2) is 8.40. The van der Waals surface area contributed by atoms with Crippen molar-refractivity contribution >= 4 is 38.2 Å². The predicted octanol–water partition coefficient (Wildman–Crippen LogP) is 5.58. The number of pyridine rings is 1. The molecule has 1 N–H and O–H groups in total. The Labute approximate surface area is 186 Å². The monoisotopic (exact) mass is 429 g/mol. The SMILES string of the molecule is CC(C)NC(=O)c1sc2ccccc2c1[C@H]1CCN(Cc2ccc3ncccc3c2)C1. The van der Waals surface area contributed by atoms with E-state index >= 15 is 0 Å². The molecule has 0 unspecified atom stereocenters. The number of benzene rings is 2. The van der Waals surface area contributed by atoms with Crippen LogP contribution in [0.5, 0.6) is 0 Å². The molecule has 0 radical (unpaired) electrons. The smallest absolute Gasteiger partial charge is 0.261 e. The molecule has 158 valence electrons. The van der Waals surface area contributed by atoms with E-state index in [1.54, 1.807) is 11.3 Å². The van der Waals surface area contributed by atoms with E-state index in [0.717, 1.165) is 36.4 Å². The number of fused-ring (bicyclic) bond motifs is 2. The number of thiophene rings is 1. The Morgan fingerprint density at radius 1 is 1.19 bits per heavy atom. The van der Waals surface area contributed by atoms with Gasteiger partial charge < -0.3 is 5.32 Å². The summed E-state index contributed by atoms with van der Waals surface area (Å²) in [5.74, 6) is 0.442. The molecule has 1 aliphatic heterocycles. The summed E-state index contributed by atoms with van der Waals surface area (Å²) in [6, 6.07) is 19.2. The van der Waals surface area contributed by atoms with Crippen molar-refractivity contribution in [2.45, 2.75) is 38.8 Å². The number of carbonyl (C=O) groups excluding carboxylic acids is 1. The summed E-state index contributed by atoms with van der Waals surface area (Å²) in [7, 11) is 0. The van der Waals surface area contributed by atoms with Crippen molar-refractivity contribution < 1.29 is 4.79 Å². The Morgan fingerprint density at radius 3 is 2.94 bits per heavy atom. The van der Waals surface area contributed by atoms with E-state index in [1.807, 2.05) is 26.1 Å². The number of hydrogen-bond donors (Lipinski definition) is 1. The zero-order chi connectivity index (χ0) is 21.4. The third-order valence-electron chi connectivity index (χ3n) is 6.01. The number of nitrogens with zero attached hydrogens (tertiary/aromatic N) is 2. The van der Waals surface area contributed by atoms with Gasteiger partial charge in [-0.3, -0.25) is 14.7 Å². The van der Waals surface area contributed by atoms with Crippen molar-refractivity contribution in [1.29, 1.82) is 0 Å². The lowest BCUT2D eigenvalue weighted by Crippen LogP contribution is -2.30. The number of carbonyl (C=O) groups is 1. The van der Waals surface area contributed by atoms with Gasteiger partial charge in [-0.2, -0.15) is 0 Å². The molecular weight excluding hydrogens is 402 g/mol. The van der Waals surface area contributed by atoms with Crippen LogP contribution in [-0.2, 0) is 6.54 Å². The molecule has 1 saturated heterocycles. The molecule has 1 amide bonds. The standard InChI is InChI=1S/C26H27N3OS/c1-17(2)28-26(30)25-24(21-7-3-4-8-23(21)31-25)20-11-13-29(16-20)15-18-9-10-22-19(14-18)6-5-12-27-22/h3-10,12,14,17,20H,11,13,15-16H2,1-2H3,(H,28,30)/t20-/m0/s1. The summed E-state index contributed by atoms with van der Waals surface area (Å²) in [6.07, 6.45) is 2.92. The zero-order valence-corrected chi connectivity index (χ0v) is 18.8. The molecule has 0 spiro atoms. The number of aromatic nitrogens is 1. The fraction of sp³-hybridized carbons (Fsp3) is 0.308. The minimum Gasteiger partial charge on any atom is -0.349 e. The quantitative estimate of drug-likeness (QED) is 0.451. The molecule has 3 heterocycles. The van der Waals surface area contributed by atoms with Crippen LogP contribution in [0, 0.1) is 0 Å². The maximum absolute atomic E-state index is 13.0. The molecule has 31 heavy (non-hydrogen) atoms. The third-order valence-corrected chi connectivity index (χ3v) is 7.20. The topological polar surface area (TPSA) is 45.2 Å². The highest BCUT2D eigenvalue weighted by molar-refractivity contribution is 7.21. The molecule has 1 atom stereocenters. The lowest BCUT2D eigenvalue weighted by Gasteiger charge is -2.17. The van der Waals surface area contributed by atoms with Gasteiger partial charge in [-0.05, 0) is 67.6 Å². The highest BCUT2D eigenvalue weighted by Gasteiger charge is 2.30. The summed E-state index contributed by atoms with van der Waals surface area (Å²) in [6.45, 7) is 6.98. The Hall–Kier alpha value is -2.76. The van der Waals surface area contributed by atoms with Crippen LogP contribution < -0.4 is 5.32 Å². The minimum absolute atomic E-state index is 0.0617. The van der Waals surface area contributed by atoms with Gasteiger partial charge in [0.25, 0.3) is 5.91 Å². The Morgan fingerprint density at radius 2 is 2.06 bits per heavy atom. The second-order valence-corrected chi connectivity index (χ2v) is 9.77. The van der Waals surface area contributed by atoms with Gasteiger partial charge in [0.1, 0.15) is 0 Å². The highest BCUT2D eigenvalue weighted by atomic mass is 32.1. The van der Waals surface area contributed by atoms with Gasteiger partial charge in [0.2, 0.25) is 0 Å². The first-order chi connectivity index (χ1) is 15.1. The molecule has 2 aromatic heterocycles. The van der Waals surface area contributed by atoms with Gasteiger partial charge in [0.15, 0.2) is 0 Å². The molecule has 0 saturated carbocycles. The lowest BCUT2D eigenvalue weighted by atomic mass is 9.95. The molecule has 4 aromatic rings. The minimum atomic E-state index is 0.0617. The fourth-order valence-corrected chi connectivity index (χ4v) is 5.85. The van der Waals surface area contributed by atoms with Crippen LogP contribution in [0.4, 0.5) is 0 Å². The zero-order valence-electron chi connectivity index (χ0n) is 18.0.